The second-order valence-electron chi connectivity index (χ2n) is 7.27. The van der Waals surface area contributed by atoms with Gasteiger partial charge in [-0.2, -0.15) is 13.2 Å². The molecule has 0 bridgehead atoms. The van der Waals surface area contributed by atoms with Crippen molar-refractivity contribution in [2.45, 2.75) is 25.6 Å². The molecule has 0 spiro atoms. The minimum absolute atomic E-state index is 0.0494. The van der Waals surface area contributed by atoms with Crippen LogP contribution in [0.4, 0.5) is 13.2 Å². The van der Waals surface area contributed by atoms with Gasteiger partial charge < -0.3 is 15.5 Å². The van der Waals surface area contributed by atoms with Crippen molar-refractivity contribution in [3.8, 4) is 0 Å². The molecule has 1 heterocycles. The number of nitrogens with one attached hydrogen (secondary N) is 2. The van der Waals surface area contributed by atoms with Crippen LogP contribution in [0, 0.1) is 0 Å². The lowest BCUT2D eigenvalue weighted by molar-refractivity contribution is -0.137. The molecule has 9 heteroatoms. The molecule has 32 heavy (non-hydrogen) atoms. The van der Waals surface area contributed by atoms with Crippen LogP contribution in [0.25, 0.3) is 6.08 Å². The minimum atomic E-state index is -4.47. The molecule has 0 aromatic heterocycles. The average molecular weight is 445 g/mol. The van der Waals surface area contributed by atoms with Gasteiger partial charge in [0.15, 0.2) is 0 Å². The van der Waals surface area contributed by atoms with Crippen molar-refractivity contribution in [2.75, 3.05) is 13.1 Å². The summed E-state index contributed by atoms with van der Waals surface area (Å²) >= 11 is 0. The summed E-state index contributed by atoms with van der Waals surface area (Å²) in [5, 5.41) is 5.24. The molecule has 2 aromatic carbocycles. The van der Waals surface area contributed by atoms with Crippen LogP contribution in [0.1, 0.15) is 46.4 Å². The quantitative estimate of drug-likeness (QED) is 0.668. The second-order valence-corrected chi connectivity index (χ2v) is 7.27. The highest BCUT2D eigenvalue weighted by atomic mass is 19.4. The fraction of sp³-hybridized carbons (Fsp3) is 0.261. The molecule has 3 amide bonds. The van der Waals surface area contributed by atoms with Crippen molar-refractivity contribution in [1.29, 1.82) is 0 Å². The summed E-state index contributed by atoms with van der Waals surface area (Å²) < 4.78 is 37.8. The van der Waals surface area contributed by atoms with E-state index in [0.29, 0.717) is 0 Å². The van der Waals surface area contributed by atoms with Gasteiger partial charge in [0.1, 0.15) is 0 Å². The summed E-state index contributed by atoms with van der Waals surface area (Å²) in [5.74, 6) is -1.02. The predicted molar refractivity (Wildman–Crippen MR) is 112 cm³/mol. The number of rotatable bonds is 6. The number of fused-ring (bicyclic) bond motifs is 1. The van der Waals surface area contributed by atoms with E-state index >= 15 is 0 Å². The van der Waals surface area contributed by atoms with Gasteiger partial charge in [-0.25, -0.2) is 0 Å². The first-order valence-corrected chi connectivity index (χ1v) is 9.95. The van der Waals surface area contributed by atoms with E-state index in [1.54, 1.807) is 6.20 Å². The van der Waals surface area contributed by atoms with Crippen LogP contribution in [-0.2, 0) is 15.8 Å². The molecular weight excluding hydrogens is 423 g/mol. The molecule has 0 saturated carbocycles. The lowest BCUT2D eigenvalue weighted by Gasteiger charge is -2.32. The summed E-state index contributed by atoms with van der Waals surface area (Å²) in [4.78, 5) is 38.0. The summed E-state index contributed by atoms with van der Waals surface area (Å²) in [6.45, 7) is 1.67. The second kappa shape index (κ2) is 9.67. The standard InChI is InChI=1S/C23H22F3N3O3/c1-15(30)29-13-10-16-4-2-3-5-19(16)20(29)14-21(31)27-11-12-28-22(32)17-6-8-18(9-7-17)23(24,25)26/h2-10,13,20H,11-12,14H2,1H3,(H,27,31)(H,28,32)/t20-/m1/s1. The third-order valence-electron chi connectivity index (χ3n) is 5.05. The molecule has 0 radical (unpaired) electrons. The largest absolute Gasteiger partial charge is 0.416 e. The van der Waals surface area contributed by atoms with Gasteiger partial charge in [0.2, 0.25) is 11.8 Å². The van der Waals surface area contributed by atoms with Crippen LogP contribution >= 0.6 is 0 Å². The molecule has 0 aliphatic carbocycles. The first-order valence-electron chi connectivity index (χ1n) is 9.95. The first kappa shape index (κ1) is 23.1. The van der Waals surface area contributed by atoms with Crippen LogP contribution in [0.15, 0.2) is 54.7 Å². The van der Waals surface area contributed by atoms with Crippen molar-refractivity contribution in [1.82, 2.24) is 15.5 Å². The van der Waals surface area contributed by atoms with Crippen molar-refractivity contribution < 1.29 is 27.6 Å². The Morgan fingerprint density at radius 2 is 1.62 bits per heavy atom. The van der Waals surface area contributed by atoms with Crippen LogP contribution < -0.4 is 10.6 Å². The Kier molecular flexibility index (Phi) is 6.97. The maximum absolute atomic E-state index is 12.6. The van der Waals surface area contributed by atoms with Crippen molar-refractivity contribution >= 4 is 23.8 Å². The number of carbonyl (C=O) groups excluding carboxylic acids is 3. The molecule has 2 aromatic rings. The van der Waals surface area contributed by atoms with E-state index in [4.69, 9.17) is 0 Å². The van der Waals surface area contributed by atoms with E-state index in [0.717, 1.165) is 35.4 Å². The number of hydrogen-bond acceptors (Lipinski definition) is 3. The zero-order valence-corrected chi connectivity index (χ0v) is 17.3. The predicted octanol–water partition coefficient (Wildman–Crippen LogP) is 3.52. The van der Waals surface area contributed by atoms with Crippen LogP contribution in [-0.4, -0.2) is 35.7 Å². The number of carbonyl (C=O) groups is 3. The summed E-state index contributed by atoms with van der Waals surface area (Å²) in [7, 11) is 0. The molecule has 1 aliphatic rings. The Hall–Kier alpha value is -3.62. The Bertz CT molecular complexity index is 1030. The fourth-order valence-electron chi connectivity index (χ4n) is 3.45. The van der Waals surface area contributed by atoms with Crippen molar-refractivity contribution in [3.63, 3.8) is 0 Å². The summed E-state index contributed by atoms with van der Waals surface area (Å²) in [5.41, 5.74) is 1.06. The highest BCUT2D eigenvalue weighted by Crippen LogP contribution is 2.32. The number of alkyl halides is 3. The number of hydrogen-bond donors (Lipinski definition) is 2. The van der Waals surface area contributed by atoms with Crippen LogP contribution in [0.2, 0.25) is 0 Å². The molecule has 1 atom stereocenters. The summed E-state index contributed by atoms with van der Waals surface area (Å²) in [6, 6.07) is 10.9. The molecule has 3 rings (SSSR count). The van der Waals surface area contributed by atoms with E-state index in [-0.39, 0.29) is 36.9 Å². The molecular formula is C23H22F3N3O3. The number of benzene rings is 2. The lowest BCUT2D eigenvalue weighted by Crippen LogP contribution is -2.38. The van der Waals surface area contributed by atoms with Crippen molar-refractivity contribution in [2.24, 2.45) is 0 Å². The van der Waals surface area contributed by atoms with Crippen LogP contribution in [0.3, 0.4) is 0 Å². The van der Waals surface area contributed by atoms with Gasteiger partial charge in [-0.3, -0.25) is 14.4 Å². The number of amides is 3. The van der Waals surface area contributed by atoms with Gasteiger partial charge in [-0.05, 0) is 41.5 Å². The summed E-state index contributed by atoms with van der Waals surface area (Å²) in [6.07, 6.45) is -0.936. The van der Waals surface area contributed by atoms with Crippen molar-refractivity contribution in [3.05, 3.63) is 77.0 Å². The minimum Gasteiger partial charge on any atom is -0.354 e. The Labute approximate surface area is 183 Å². The topological polar surface area (TPSA) is 78.5 Å². The Morgan fingerprint density at radius 3 is 2.28 bits per heavy atom. The van der Waals surface area contributed by atoms with Gasteiger partial charge in [-0.15, -0.1) is 0 Å². The number of halogens is 3. The van der Waals surface area contributed by atoms with Gasteiger partial charge in [0.05, 0.1) is 18.0 Å². The van der Waals surface area contributed by atoms with E-state index < -0.39 is 23.7 Å². The monoisotopic (exact) mass is 445 g/mol. The van der Waals surface area contributed by atoms with Gasteiger partial charge in [0, 0.05) is 31.8 Å². The molecule has 1 aliphatic heterocycles. The van der Waals surface area contributed by atoms with Gasteiger partial charge in [-0.1, -0.05) is 24.3 Å². The highest BCUT2D eigenvalue weighted by Gasteiger charge is 2.30. The fourth-order valence-corrected chi connectivity index (χ4v) is 3.45. The van der Waals surface area contributed by atoms with E-state index in [1.807, 2.05) is 30.3 Å². The third-order valence-corrected chi connectivity index (χ3v) is 5.05. The molecule has 0 unspecified atom stereocenters. The average Bonchev–Trinajstić information content (AvgIpc) is 2.76. The molecule has 2 N–H and O–H groups in total. The highest BCUT2D eigenvalue weighted by molar-refractivity contribution is 5.94. The lowest BCUT2D eigenvalue weighted by atomic mass is 9.93. The Morgan fingerprint density at radius 1 is 0.969 bits per heavy atom. The normalized spacial score (nSPS) is 15.1. The molecule has 168 valence electrons. The van der Waals surface area contributed by atoms with Gasteiger partial charge in [0.25, 0.3) is 5.91 Å². The number of nitrogens with zero attached hydrogens (tertiary/aromatic N) is 1. The third kappa shape index (κ3) is 5.54. The first-order chi connectivity index (χ1) is 15.2. The SMILES string of the molecule is CC(=O)N1C=Cc2ccccc2[C@H]1CC(=O)NCCNC(=O)c1ccc(C(F)(F)F)cc1. The van der Waals surface area contributed by atoms with Crippen LogP contribution in [0.5, 0.6) is 0 Å². The van der Waals surface area contributed by atoms with E-state index in [2.05, 4.69) is 10.6 Å². The molecule has 0 fully saturated rings. The smallest absolute Gasteiger partial charge is 0.354 e. The zero-order valence-electron chi connectivity index (χ0n) is 17.3. The Balaban J connectivity index is 1.50. The van der Waals surface area contributed by atoms with E-state index in [9.17, 15) is 27.6 Å². The molecule has 0 saturated heterocycles. The van der Waals surface area contributed by atoms with E-state index in [1.165, 1.54) is 11.8 Å². The maximum atomic E-state index is 12.6. The molecule has 6 nitrogen and oxygen atoms in total. The van der Waals surface area contributed by atoms with Gasteiger partial charge >= 0.3 is 6.18 Å². The maximum Gasteiger partial charge on any atom is 0.416 e. The zero-order chi connectivity index (χ0) is 23.3.